The van der Waals surface area contributed by atoms with Crippen molar-refractivity contribution < 1.29 is 14.2 Å². The van der Waals surface area contributed by atoms with E-state index < -0.39 is 23.2 Å². The van der Waals surface area contributed by atoms with Gasteiger partial charge in [0.25, 0.3) is 5.56 Å². The average molecular weight is 411 g/mol. The summed E-state index contributed by atoms with van der Waals surface area (Å²) in [6.45, 7) is -0.190. The number of aromatic nitrogens is 2. The molecular weight excluding hydrogens is 395 g/mol. The second-order valence-corrected chi connectivity index (χ2v) is 7.19. The van der Waals surface area contributed by atoms with Crippen molar-refractivity contribution in [2.24, 2.45) is 0 Å². The van der Waals surface area contributed by atoms with Crippen LogP contribution in [0.15, 0.2) is 44.8 Å². The molecule has 27 heavy (non-hydrogen) atoms. The topological polar surface area (TPSA) is 95.2 Å². The van der Waals surface area contributed by atoms with Gasteiger partial charge in [0.05, 0.1) is 28.6 Å². The zero-order valence-electron chi connectivity index (χ0n) is 14.2. The van der Waals surface area contributed by atoms with Crippen molar-refractivity contribution in [1.82, 2.24) is 9.97 Å². The Kier molecular flexibility index (Phi) is 6.01. The molecule has 0 aliphatic rings. The second-order valence-electron chi connectivity index (χ2n) is 5.75. The molecule has 3 rings (SSSR count). The first kappa shape index (κ1) is 19.6. The van der Waals surface area contributed by atoms with Crippen LogP contribution in [0.5, 0.6) is 0 Å². The van der Waals surface area contributed by atoms with E-state index in [1.165, 1.54) is 37.1 Å². The van der Waals surface area contributed by atoms with Crippen molar-refractivity contribution in [2.45, 2.75) is 11.0 Å². The van der Waals surface area contributed by atoms with Crippen molar-refractivity contribution in [3.8, 4) is 11.1 Å². The van der Waals surface area contributed by atoms with Crippen LogP contribution in [0.3, 0.4) is 0 Å². The zero-order valence-corrected chi connectivity index (χ0v) is 15.8. The zero-order chi connectivity index (χ0) is 19.6. The summed E-state index contributed by atoms with van der Waals surface area (Å²) in [6, 6.07) is 7.20. The Morgan fingerprint density at radius 1 is 1.26 bits per heavy atom. The van der Waals surface area contributed by atoms with E-state index in [1.807, 2.05) is 0 Å². The number of hydrogen-bond acceptors (Lipinski definition) is 5. The van der Waals surface area contributed by atoms with Crippen molar-refractivity contribution in [1.29, 1.82) is 0 Å². The van der Waals surface area contributed by atoms with Gasteiger partial charge in [-0.25, -0.2) is 9.18 Å². The SMILES string of the molecule is CO[C@H](CO)CSc1c(-c2ccc(F)cc2)c(Cl)cc2c(=O)[nH]c(=O)[nH]c12. The molecule has 0 aliphatic carbocycles. The lowest BCUT2D eigenvalue weighted by Crippen LogP contribution is -2.22. The number of aromatic amines is 2. The van der Waals surface area contributed by atoms with Crippen LogP contribution in [0, 0.1) is 5.82 Å². The lowest BCUT2D eigenvalue weighted by Gasteiger charge is -2.17. The van der Waals surface area contributed by atoms with Gasteiger partial charge in [-0.15, -0.1) is 11.8 Å². The Morgan fingerprint density at radius 3 is 2.59 bits per heavy atom. The minimum atomic E-state index is -0.646. The maximum absolute atomic E-state index is 13.3. The Morgan fingerprint density at radius 2 is 1.96 bits per heavy atom. The lowest BCUT2D eigenvalue weighted by atomic mass is 10.0. The van der Waals surface area contributed by atoms with Gasteiger partial charge in [0.15, 0.2) is 0 Å². The number of aliphatic hydroxyl groups excluding tert-OH is 1. The highest BCUT2D eigenvalue weighted by Gasteiger charge is 2.19. The summed E-state index contributed by atoms with van der Waals surface area (Å²) in [5.74, 6) is -0.0414. The summed E-state index contributed by atoms with van der Waals surface area (Å²) >= 11 is 7.72. The van der Waals surface area contributed by atoms with Gasteiger partial charge >= 0.3 is 5.69 Å². The minimum Gasteiger partial charge on any atom is -0.394 e. The molecule has 0 fully saturated rings. The number of fused-ring (bicyclic) bond motifs is 1. The number of thioether (sulfide) groups is 1. The van der Waals surface area contributed by atoms with E-state index in [9.17, 15) is 19.1 Å². The first-order valence-electron chi connectivity index (χ1n) is 7.95. The predicted molar refractivity (Wildman–Crippen MR) is 104 cm³/mol. The molecule has 3 aromatic rings. The second kappa shape index (κ2) is 8.26. The Hall–Kier alpha value is -2.13. The van der Waals surface area contributed by atoms with Crippen LogP contribution in [0.2, 0.25) is 5.02 Å². The normalized spacial score (nSPS) is 12.4. The number of benzene rings is 2. The highest BCUT2D eigenvalue weighted by molar-refractivity contribution is 7.99. The largest absolute Gasteiger partial charge is 0.394 e. The van der Waals surface area contributed by atoms with Crippen LogP contribution >= 0.6 is 23.4 Å². The van der Waals surface area contributed by atoms with E-state index in [4.69, 9.17) is 16.3 Å². The van der Waals surface area contributed by atoms with Crippen LogP contribution in [-0.2, 0) is 4.74 Å². The van der Waals surface area contributed by atoms with Crippen molar-refractivity contribution in [3.05, 3.63) is 62.0 Å². The Balaban J connectivity index is 2.27. The third kappa shape index (κ3) is 4.08. The fourth-order valence-electron chi connectivity index (χ4n) is 2.65. The smallest absolute Gasteiger partial charge is 0.326 e. The van der Waals surface area contributed by atoms with Gasteiger partial charge in [-0.2, -0.15) is 0 Å². The number of halogens is 2. The first-order chi connectivity index (χ1) is 12.9. The van der Waals surface area contributed by atoms with Crippen molar-refractivity contribution in [3.63, 3.8) is 0 Å². The molecule has 142 valence electrons. The lowest BCUT2D eigenvalue weighted by molar-refractivity contribution is 0.0656. The molecule has 0 saturated carbocycles. The molecule has 1 heterocycles. The average Bonchev–Trinajstić information content (AvgIpc) is 2.64. The Labute approximate surface area is 162 Å². The van der Waals surface area contributed by atoms with Gasteiger partial charge in [0.1, 0.15) is 5.82 Å². The number of nitrogens with one attached hydrogen (secondary N) is 2. The highest BCUT2D eigenvalue weighted by atomic mass is 35.5. The molecule has 0 saturated heterocycles. The van der Waals surface area contributed by atoms with E-state index in [2.05, 4.69) is 9.97 Å². The van der Waals surface area contributed by atoms with Crippen LogP contribution in [0.1, 0.15) is 0 Å². The fraction of sp³-hybridized carbons (Fsp3) is 0.222. The number of aliphatic hydroxyl groups is 1. The monoisotopic (exact) mass is 410 g/mol. The predicted octanol–water partition coefficient (Wildman–Crippen LogP) is 2.78. The maximum atomic E-state index is 13.3. The first-order valence-corrected chi connectivity index (χ1v) is 9.32. The number of hydrogen-bond donors (Lipinski definition) is 3. The molecule has 0 bridgehead atoms. The summed E-state index contributed by atoms with van der Waals surface area (Å²) in [5, 5.41) is 9.87. The Bertz CT molecular complexity index is 1080. The van der Waals surface area contributed by atoms with E-state index in [1.54, 1.807) is 12.1 Å². The summed E-state index contributed by atoms with van der Waals surface area (Å²) < 4.78 is 18.5. The molecule has 6 nitrogen and oxygen atoms in total. The van der Waals surface area contributed by atoms with Crippen LogP contribution in [0.25, 0.3) is 22.0 Å². The van der Waals surface area contributed by atoms with E-state index in [0.29, 0.717) is 27.3 Å². The fourth-order valence-corrected chi connectivity index (χ4v) is 4.29. The molecular formula is C18H16ClFN2O4S. The molecule has 0 spiro atoms. The van der Waals surface area contributed by atoms with E-state index in [-0.39, 0.29) is 17.0 Å². The molecule has 3 N–H and O–H groups in total. The van der Waals surface area contributed by atoms with Gasteiger partial charge < -0.3 is 14.8 Å². The molecule has 0 amide bonds. The van der Waals surface area contributed by atoms with Gasteiger partial charge in [-0.3, -0.25) is 9.78 Å². The van der Waals surface area contributed by atoms with Gasteiger partial charge in [-0.05, 0) is 23.8 Å². The standard InChI is InChI=1S/C18H16ClFN2O4S/c1-26-11(7-23)8-27-16-14(9-2-4-10(20)5-3-9)13(19)6-12-15(16)21-18(25)22-17(12)24/h2-6,11,23H,7-8H2,1H3,(H2,21,22,24,25)/t11-/m1/s1. The molecule has 1 aromatic heterocycles. The number of ether oxygens (including phenoxy) is 1. The van der Waals surface area contributed by atoms with Gasteiger partial charge in [0, 0.05) is 23.3 Å². The number of rotatable bonds is 6. The van der Waals surface area contributed by atoms with Gasteiger partial charge in [0.2, 0.25) is 0 Å². The summed E-state index contributed by atoms with van der Waals surface area (Å²) in [7, 11) is 1.48. The highest BCUT2D eigenvalue weighted by Crippen LogP contribution is 2.41. The quantitative estimate of drug-likeness (QED) is 0.543. The summed E-state index contributed by atoms with van der Waals surface area (Å²) in [4.78, 5) is 29.4. The molecule has 0 unspecified atom stereocenters. The van der Waals surface area contributed by atoms with E-state index >= 15 is 0 Å². The number of methoxy groups -OCH3 is 1. The summed E-state index contributed by atoms with van der Waals surface area (Å²) in [5.41, 5.74) is 0.305. The van der Waals surface area contributed by atoms with Crippen molar-refractivity contribution in [2.75, 3.05) is 19.5 Å². The third-order valence-corrected chi connectivity index (χ3v) is 5.56. The minimum absolute atomic E-state index is 0.190. The number of H-pyrrole nitrogens is 2. The van der Waals surface area contributed by atoms with Gasteiger partial charge in [-0.1, -0.05) is 23.7 Å². The van der Waals surface area contributed by atoms with Crippen LogP contribution in [0.4, 0.5) is 4.39 Å². The van der Waals surface area contributed by atoms with Crippen LogP contribution in [-0.4, -0.2) is 40.6 Å². The summed E-state index contributed by atoms with van der Waals surface area (Å²) in [6.07, 6.45) is -0.446. The van der Waals surface area contributed by atoms with E-state index in [0.717, 1.165) is 0 Å². The van der Waals surface area contributed by atoms with Crippen LogP contribution < -0.4 is 11.2 Å². The molecule has 0 aliphatic heterocycles. The third-order valence-electron chi connectivity index (χ3n) is 4.03. The molecule has 2 aromatic carbocycles. The maximum Gasteiger partial charge on any atom is 0.326 e. The molecule has 9 heteroatoms. The molecule has 1 atom stereocenters. The molecule has 0 radical (unpaired) electrons. The van der Waals surface area contributed by atoms with Crippen molar-refractivity contribution >= 4 is 34.3 Å².